The van der Waals surface area contributed by atoms with E-state index < -0.39 is 0 Å². The number of aliphatic hydroxyl groups is 1. The van der Waals surface area contributed by atoms with Crippen molar-refractivity contribution in [2.75, 3.05) is 20.3 Å². The van der Waals surface area contributed by atoms with Crippen LogP contribution in [0, 0.1) is 5.92 Å². The van der Waals surface area contributed by atoms with Crippen LogP contribution in [0.1, 0.15) is 44.9 Å². The third-order valence-electron chi connectivity index (χ3n) is 3.42. The molecule has 1 rings (SSSR count). The van der Waals surface area contributed by atoms with Crippen LogP contribution < -0.4 is 5.32 Å². The van der Waals surface area contributed by atoms with Gasteiger partial charge >= 0.3 is 0 Å². The number of nitrogens with one attached hydrogen (secondary N) is 1. The monoisotopic (exact) mass is 243 g/mol. The van der Waals surface area contributed by atoms with E-state index in [1.54, 1.807) is 7.11 Å². The molecule has 4 nitrogen and oxygen atoms in total. The Morgan fingerprint density at radius 2 is 2.00 bits per heavy atom. The van der Waals surface area contributed by atoms with Gasteiger partial charge in [-0.3, -0.25) is 4.79 Å². The van der Waals surface area contributed by atoms with Crippen LogP contribution in [0.5, 0.6) is 0 Å². The van der Waals surface area contributed by atoms with Gasteiger partial charge in [0.25, 0.3) is 0 Å². The van der Waals surface area contributed by atoms with Crippen molar-refractivity contribution >= 4 is 5.91 Å². The Morgan fingerprint density at radius 3 is 2.53 bits per heavy atom. The molecule has 0 aromatic heterocycles. The minimum Gasteiger partial charge on any atom is -0.396 e. The lowest BCUT2D eigenvalue weighted by atomic mass is 9.99. The molecule has 1 aliphatic rings. The minimum atomic E-state index is -0.0549. The zero-order chi connectivity index (χ0) is 12.5. The van der Waals surface area contributed by atoms with Gasteiger partial charge in [0.05, 0.1) is 12.6 Å². The molecule has 0 spiro atoms. The van der Waals surface area contributed by atoms with Crippen molar-refractivity contribution in [2.45, 2.75) is 51.0 Å². The first-order valence-corrected chi connectivity index (χ1v) is 6.68. The average molecular weight is 243 g/mol. The van der Waals surface area contributed by atoms with Crippen LogP contribution in [0.2, 0.25) is 0 Å². The van der Waals surface area contributed by atoms with Crippen molar-refractivity contribution in [3.8, 4) is 0 Å². The lowest BCUT2D eigenvalue weighted by Crippen LogP contribution is -2.41. The Bertz CT molecular complexity index is 207. The number of hydrogen-bond donors (Lipinski definition) is 2. The topological polar surface area (TPSA) is 58.6 Å². The van der Waals surface area contributed by atoms with E-state index in [9.17, 15) is 4.79 Å². The van der Waals surface area contributed by atoms with Crippen molar-refractivity contribution in [3.05, 3.63) is 0 Å². The normalized spacial score (nSPS) is 19.6. The fourth-order valence-electron chi connectivity index (χ4n) is 2.41. The summed E-state index contributed by atoms with van der Waals surface area (Å²) in [7, 11) is 1.61. The average Bonchev–Trinajstić information content (AvgIpc) is 2.58. The molecular formula is C13H25NO3. The Labute approximate surface area is 104 Å². The summed E-state index contributed by atoms with van der Waals surface area (Å²) in [5, 5.41) is 11.9. The van der Waals surface area contributed by atoms with Gasteiger partial charge in [-0.1, -0.05) is 25.7 Å². The van der Waals surface area contributed by atoms with Crippen molar-refractivity contribution in [1.29, 1.82) is 0 Å². The van der Waals surface area contributed by atoms with E-state index in [4.69, 9.17) is 9.84 Å². The van der Waals surface area contributed by atoms with Gasteiger partial charge in [-0.05, 0) is 19.3 Å². The molecule has 1 aliphatic carbocycles. The molecule has 2 N–H and O–H groups in total. The highest BCUT2D eigenvalue weighted by Crippen LogP contribution is 2.23. The number of aliphatic hydroxyl groups excluding tert-OH is 1. The zero-order valence-electron chi connectivity index (χ0n) is 10.8. The summed E-state index contributed by atoms with van der Waals surface area (Å²) < 4.78 is 5.04. The maximum absolute atomic E-state index is 12.1. The SMILES string of the molecule is COCC(CCO)NC(=O)C1CCCCCC1. The molecule has 17 heavy (non-hydrogen) atoms. The highest BCUT2D eigenvalue weighted by atomic mass is 16.5. The molecule has 0 radical (unpaired) electrons. The lowest BCUT2D eigenvalue weighted by molar-refractivity contribution is -0.126. The second kappa shape index (κ2) is 8.48. The van der Waals surface area contributed by atoms with Gasteiger partial charge in [0.2, 0.25) is 5.91 Å². The molecule has 0 bridgehead atoms. The molecule has 1 unspecified atom stereocenters. The molecular weight excluding hydrogens is 218 g/mol. The third-order valence-corrected chi connectivity index (χ3v) is 3.42. The summed E-state index contributed by atoms with van der Waals surface area (Å²) >= 11 is 0. The Kier molecular flexibility index (Phi) is 7.21. The molecule has 1 fully saturated rings. The van der Waals surface area contributed by atoms with Crippen LogP contribution >= 0.6 is 0 Å². The first-order valence-electron chi connectivity index (χ1n) is 6.68. The van der Waals surface area contributed by atoms with Crippen LogP contribution in [0.25, 0.3) is 0 Å². The Hall–Kier alpha value is -0.610. The molecule has 0 heterocycles. The number of carbonyl (C=O) groups is 1. The molecule has 100 valence electrons. The predicted octanol–water partition coefficient (Wildman–Crippen LogP) is 1.47. The summed E-state index contributed by atoms with van der Waals surface area (Å²) in [6.45, 7) is 0.554. The van der Waals surface area contributed by atoms with Gasteiger partial charge < -0.3 is 15.2 Å². The lowest BCUT2D eigenvalue weighted by Gasteiger charge is -2.20. The van der Waals surface area contributed by atoms with Gasteiger partial charge in [-0.15, -0.1) is 0 Å². The van der Waals surface area contributed by atoms with Gasteiger partial charge in [-0.25, -0.2) is 0 Å². The first-order chi connectivity index (χ1) is 8.27. The highest BCUT2D eigenvalue weighted by Gasteiger charge is 2.22. The number of carbonyl (C=O) groups excluding carboxylic acids is 1. The van der Waals surface area contributed by atoms with Gasteiger partial charge in [0.15, 0.2) is 0 Å². The molecule has 1 atom stereocenters. The summed E-state index contributed by atoms with van der Waals surface area (Å²) in [4.78, 5) is 12.1. The van der Waals surface area contributed by atoms with Gasteiger partial charge in [0.1, 0.15) is 0 Å². The van der Waals surface area contributed by atoms with E-state index >= 15 is 0 Å². The maximum atomic E-state index is 12.1. The van der Waals surface area contributed by atoms with Crippen LogP contribution in [0.4, 0.5) is 0 Å². The molecule has 4 heteroatoms. The highest BCUT2D eigenvalue weighted by molar-refractivity contribution is 5.78. The van der Waals surface area contributed by atoms with Crippen molar-refractivity contribution < 1.29 is 14.6 Å². The van der Waals surface area contributed by atoms with Crippen LogP contribution in [-0.4, -0.2) is 37.4 Å². The predicted molar refractivity (Wildman–Crippen MR) is 66.7 cm³/mol. The van der Waals surface area contributed by atoms with E-state index in [1.165, 1.54) is 12.8 Å². The largest absolute Gasteiger partial charge is 0.396 e. The quantitative estimate of drug-likeness (QED) is 0.695. The fraction of sp³-hybridized carbons (Fsp3) is 0.923. The maximum Gasteiger partial charge on any atom is 0.223 e. The number of ether oxygens (including phenoxy) is 1. The van der Waals surface area contributed by atoms with Crippen LogP contribution in [-0.2, 0) is 9.53 Å². The summed E-state index contributed by atoms with van der Waals surface area (Å²) in [6.07, 6.45) is 7.39. The smallest absolute Gasteiger partial charge is 0.223 e. The van der Waals surface area contributed by atoms with Gasteiger partial charge in [-0.2, -0.15) is 0 Å². The summed E-state index contributed by atoms with van der Waals surface area (Å²) in [6, 6.07) is -0.0549. The Balaban J connectivity index is 2.38. The van der Waals surface area contributed by atoms with Crippen molar-refractivity contribution in [2.24, 2.45) is 5.92 Å². The molecule has 0 aliphatic heterocycles. The standard InChI is InChI=1S/C13H25NO3/c1-17-10-12(8-9-15)14-13(16)11-6-4-2-3-5-7-11/h11-12,15H,2-10H2,1H3,(H,14,16). The van der Waals surface area contributed by atoms with E-state index in [0.29, 0.717) is 13.0 Å². The second-order valence-corrected chi connectivity index (χ2v) is 4.86. The number of amides is 1. The van der Waals surface area contributed by atoms with Gasteiger partial charge in [0, 0.05) is 19.6 Å². The molecule has 1 saturated carbocycles. The van der Waals surface area contributed by atoms with E-state index in [1.807, 2.05) is 0 Å². The van der Waals surface area contributed by atoms with Crippen LogP contribution in [0.3, 0.4) is 0 Å². The first kappa shape index (κ1) is 14.5. The Morgan fingerprint density at radius 1 is 1.35 bits per heavy atom. The number of rotatable bonds is 6. The number of hydrogen-bond acceptors (Lipinski definition) is 3. The number of methoxy groups -OCH3 is 1. The zero-order valence-corrected chi connectivity index (χ0v) is 10.8. The minimum absolute atomic E-state index is 0.0549. The van der Waals surface area contributed by atoms with E-state index in [0.717, 1.165) is 25.7 Å². The third kappa shape index (κ3) is 5.50. The second-order valence-electron chi connectivity index (χ2n) is 4.86. The van der Waals surface area contributed by atoms with E-state index in [2.05, 4.69) is 5.32 Å². The molecule has 1 amide bonds. The summed E-state index contributed by atoms with van der Waals surface area (Å²) in [5.41, 5.74) is 0. The summed E-state index contributed by atoms with van der Waals surface area (Å²) in [5.74, 6) is 0.304. The fourth-order valence-corrected chi connectivity index (χ4v) is 2.41. The molecule has 0 saturated heterocycles. The van der Waals surface area contributed by atoms with Crippen molar-refractivity contribution in [1.82, 2.24) is 5.32 Å². The van der Waals surface area contributed by atoms with Crippen molar-refractivity contribution in [3.63, 3.8) is 0 Å². The van der Waals surface area contributed by atoms with E-state index in [-0.39, 0.29) is 24.5 Å². The molecule has 0 aromatic carbocycles. The van der Waals surface area contributed by atoms with Crippen LogP contribution in [0.15, 0.2) is 0 Å². The molecule has 0 aromatic rings.